The third kappa shape index (κ3) is 3.91. The maximum atomic E-state index is 12.0. The number of nitrogens with zero attached hydrogens (tertiary/aromatic N) is 2. The van der Waals surface area contributed by atoms with E-state index in [1.165, 1.54) is 25.2 Å². The van der Waals surface area contributed by atoms with Gasteiger partial charge in [-0.15, -0.1) is 0 Å². The zero-order valence-electron chi connectivity index (χ0n) is 12.0. The van der Waals surface area contributed by atoms with E-state index in [9.17, 15) is 9.90 Å². The number of hydrogen-bond acceptors (Lipinski definition) is 5. The Kier molecular flexibility index (Phi) is 4.34. The van der Waals surface area contributed by atoms with Crippen LogP contribution in [0.15, 0.2) is 12.4 Å². The molecular weight excluding hydrogens is 270 g/mol. The van der Waals surface area contributed by atoms with Crippen LogP contribution in [0.1, 0.15) is 42.6 Å². The standard InChI is InChI=1S/C15H21N3O3/c19-13-3-1-2-11(13)6-18-15(20)12-7-17-14(8-16-12)21-9-10-4-5-10/h7-8,10-11,13,19H,1-6,9H2,(H,18,20)/t11-,13+/m0/s1. The molecule has 1 amide bonds. The normalized spacial score (nSPS) is 24.8. The molecule has 0 radical (unpaired) electrons. The Hall–Kier alpha value is -1.69. The number of hydrogen-bond donors (Lipinski definition) is 2. The summed E-state index contributed by atoms with van der Waals surface area (Å²) in [7, 11) is 0. The summed E-state index contributed by atoms with van der Waals surface area (Å²) in [6, 6.07) is 0. The molecule has 2 atom stereocenters. The van der Waals surface area contributed by atoms with E-state index >= 15 is 0 Å². The summed E-state index contributed by atoms with van der Waals surface area (Å²) >= 11 is 0. The highest BCUT2D eigenvalue weighted by Crippen LogP contribution is 2.29. The molecule has 0 saturated heterocycles. The van der Waals surface area contributed by atoms with Crippen LogP contribution in [0, 0.1) is 11.8 Å². The zero-order chi connectivity index (χ0) is 14.7. The first kappa shape index (κ1) is 14.3. The molecule has 21 heavy (non-hydrogen) atoms. The van der Waals surface area contributed by atoms with Crippen LogP contribution >= 0.6 is 0 Å². The van der Waals surface area contributed by atoms with Crippen molar-refractivity contribution in [1.82, 2.24) is 15.3 Å². The van der Waals surface area contributed by atoms with E-state index in [0.717, 1.165) is 19.3 Å². The van der Waals surface area contributed by atoms with Gasteiger partial charge in [0, 0.05) is 12.5 Å². The fourth-order valence-electron chi connectivity index (χ4n) is 2.57. The number of carbonyl (C=O) groups is 1. The third-order valence-electron chi connectivity index (χ3n) is 4.17. The van der Waals surface area contributed by atoms with Gasteiger partial charge in [-0.05, 0) is 31.6 Å². The van der Waals surface area contributed by atoms with E-state index in [0.29, 0.717) is 24.9 Å². The Balaban J connectivity index is 1.47. The maximum absolute atomic E-state index is 12.0. The molecule has 0 bridgehead atoms. The molecule has 2 saturated carbocycles. The van der Waals surface area contributed by atoms with Crippen molar-refractivity contribution < 1.29 is 14.6 Å². The van der Waals surface area contributed by atoms with E-state index in [2.05, 4.69) is 15.3 Å². The molecule has 1 aromatic heterocycles. The molecule has 0 spiro atoms. The fourth-order valence-corrected chi connectivity index (χ4v) is 2.57. The second kappa shape index (κ2) is 6.39. The molecule has 0 aliphatic heterocycles. The molecule has 6 heteroatoms. The number of aliphatic hydroxyl groups excluding tert-OH is 1. The molecule has 0 aromatic carbocycles. The summed E-state index contributed by atoms with van der Waals surface area (Å²) in [5, 5.41) is 12.5. The molecule has 1 heterocycles. The maximum Gasteiger partial charge on any atom is 0.271 e. The quantitative estimate of drug-likeness (QED) is 0.821. The van der Waals surface area contributed by atoms with Gasteiger partial charge in [0.15, 0.2) is 0 Å². The SMILES string of the molecule is O=C(NC[C@@H]1CCC[C@H]1O)c1cnc(OCC2CC2)cn1. The second-order valence-corrected chi connectivity index (χ2v) is 5.96. The molecule has 2 N–H and O–H groups in total. The van der Waals surface area contributed by atoms with Gasteiger partial charge in [-0.2, -0.15) is 0 Å². The molecule has 2 aliphatic carbocycles. The molecule has 3 rings (SSSR count). The van der Waals surface area contributed by atoms with Crippen molar-refractivity contribution in [3.63, 3.8) is 0 Å². The van der Waals surface area contributed by atoms with Crippen molar-refractivity contribution in [2.75, 3.05) is 13.2 Å². The second-order valence-electron chi connectivity index (χ2n) is 5.96. The number of amides is 1. The topological polar surface area (TPSA) is 84.3 Å². The summed E-state index contributed by atoms with van der Waals surface area (Å²) in [6.07, 6.45) is 7.88. The summed E-state index contributed by atoms with van der Waals surface area (Å²) in [6.45, 7) is 1.17. The van der Waals surface area contributed by atoms with Crippen LogP contribution in [0.4, 0.5) is 0 Å². The minimum Gasteiger partial charge on any atom is -0.476 e. The first-order valence-electron chi connectivity index (χ1n) is 7.63. The molecule has 2 fully saturated rings. The van der Waals surface area contributed by atoms with Crippen LogP contribution in [0.2, 0.25) is 0 Å². The number of carbonyl (C=O) groups excluding carboxylic acids is 1. The first-order chi connectivity index (χ1) is 10.2. The van der Waals surface area contributed by atoms with E-state index in [-0.39, 0.29) is 23.6 Å². The molecular formula is C15H21N3O3. The lowest BCUT2D eigenvalue weighted by atomic mass is 10.1. The van der Waals surface area contributed by atoms with E-state index < -0.39 is 0 Å². The van der Waals surface area contributed by atoms with E-state index in [1.807, 2.05) is 0 Å². The minimum atomic E-state index is -0.297. The summed E-state index contributed by atoms with van der Waals surface area (Å²) in [4.78, 5) is 20.1. The van der Waals surface area contributed by atoms with Crippen LogP contribution in [0.25, 0.3) is 0 Å². The van der Waals surface area contributed by atoms with Crippen molar-refractivity contribution in [3.8, 4) is 5.88 Å². The molecule has 1 aromatic rings. The number of nitrogens with one attached hydrogen (secondary N) is 1. The average molecular weight is 291 g/mol. The average Bonchev–Trinajstić information content (AvgIpc) is 3.25. The summed E-state index contributed by atoms with van der Waals surface area (Å²) < 4.78 is 5.48. The van der Waals surface area contributed by atoms with Gasteiger partial charge >= 0.3 is 0 Å². The van der Waals surface area contributed by atoms with Crippen LogP contribution < -0.4 is 10.1 Å². The Labute approximate surface area is 123 Å². The highest BCUT2D eigenvalue weighted by molar-refractivity contribution is 5.91. The number of aliphatic hydroxyl groups is 1. The van der Waals surface area contributed by atoms with Crippen LogP contribution in [-0.4, -0.2) is 40.2 Å². The van der Waals surface area contributed by atoms with Gasteiger partial charge in [0.2, 0.25) is 5.88 Å². The van der Waals surface area contributed by atoms with Crippen LogP contribution in [0.3, 0.4) is 0 Å². The molecule has 0 unspecified atom stereocenters. The monoisotopic (exact) mass is 291 g/mol. The minimum absolute atomic E-state index is 0.156. The highest BCUT2D eigenvalue weighted by atomic mass is 16.5. The Morgan fingerprint density at radius 3 is 2.76 bits per heavy atom. The van der Waals surface area contributed by atoms with Crippen molar-refractivity contribution in [2.24, 2.45) is 11.8 Å². The van der Waals surface area contributed by atoms with E-state index in [4.69, 9.17) is 4.74 Å². The Bertz CT molecular complexity index is 487. The lowest BCUT2D eigenvalue weighted by molar-refractivity contribution is 0.0911. The summed E-state index contributed by atoms with van der Waals surface area (Å²) in [5.74, 6) is 1.02. The smallest absolute Gasteiger partial charge is 0.271 e. The van der Waals surface area contributed by atoms with Gasteiger partial charge in [-0.1, -0.05) is 6.42 Å². The summed E-state index contributed by atoms with van der Waals surface area (Å²) in [5.41, 5.74) is 0.279. The fraction of sp³-hybridized carbons (Fsp3) is 0.667. The Morgan fingerprint density at radius 1 is 1.29 bits per heavy atom. The lowest BCUT2D eigenvalue weighted by Crippen LogP contribution is -2.32. The number of aromatic nitrogens is 2. The van der Waals surface area contributed by atoms with Crippen LogP contribution in [-0.2, 0) is 0 Å². The lowest BCUT2D eigenvalue weighted by Gasteiger charge is -2.14. The van der Waals surface area contributed by atoms with Crippen molar-refractivity contribution >= 4 is 5.91 Å². The van der Waals surface area contributed by atoms with Crippen molar-refractivity contribution in [2.45, 2.75) is 38.2 Å². The van der Waals surface area contributed by atoms with Crippen LogP contribution in [0.5, 0.6) is 5.88 Å². The predicted octanol–water partition coefficient (Wildman–Crippen LogP) is 1.16. The number of rotatable bonds is 6. The molecule has 2 aliphatic rings. The largest absolute Gasteiger partial charge is 0.476 e. The molecule has 6 nitrogen and oxygen atoms in total. The van der Waals surface area contributed by atoms with Gasteiger partial charge < -0.3 is 15.2 Å². The van der Waals surface area contributed by atoms with Crippen molar-refractivity contribution in [3.05, 3.63) is 18.1 Å². The number of ether oxygens (including phenoxy) is 1. The van der Waals surface area contributed by atoms with Gasteiger partial charge in [-0.25, -0.2) is 9.97 Å². The predicted molar refractivity (Wildman–Crippen MR) is 75.9 cm³/mol. The zero-order valence-corrected chi connectivity index (χ0v) is 12.0. The molecule has 114 valence electrons. The van der Waals surface area contributed by atoms with Gasteiger partial charge in [0.05, 0.1) is 25.1 Å². The van der Waals surface area contributed by atoms with Crippen molar-refractivity contribution in [1.29, 1.82) is 0 Å². The third-order valence-corrected chi connectivity index (χ3v) is 4.17. The van der Waals surface area contributed by atoms with Gasteiger partial charge in [0.25, 0.3) is 5.91 Å². The first-order valence-corrected chi connectivity index (χ1v) is 7.63. The Morgan fingerprint density at radius 2 is 2.14 bits per heavy atom. The van der Waals surface area contributed by atoms with Gasteiger partial charge in [0.1, 0.15) is 5.69 Å². The highest BCUT2D eigenvalue weighted by Gasteiger charge is 2.25. The van der Waals surface area contributed by atoms with Gasteiger partial charge in [-0.3, -0.25) is 4.79 Å². The van der Waals surface area contributed by atoms with E-state index in [1.54, 1.807) is 0 Å².